The van der Waals surface area contributed by atoms with Crippen LogP contribution < -0.4 is 11.1 Å². The number of rotatable bonds is 5. The van der Waals surface area contributed by atoms with Crippen LogP contribution in [-0.4, -0.2) is 18.6 Å². The van der Waals surface area contributed by atoms with Gasteiger partial charge in [0.05, 0.1) is 0 Å². The fraction of sp³-hybridized carbons (Fsp3) is 1.00. The van der Waals surface area contributed by atoms with E-state index in [1.807, 2.05) is 0 Å². The van der Waals surface area contributed by atoms with E-state index in [1.54, 1.807) is 0 Å². The van der Waals surface area contributed by atoms with Crippen LogP contribution in [0.1, 0.15) is 59.8 Å². The standard InChI is InChI=1S/C14H30N2/c1-11(2)9-14(3,4)10-16-13-8-6-5-7-12(13)15/h11-13,16H,5-10,15H2,1-4H3. The van der Waals surface area contributed by atoms with Crippen LogP contribution >= 0.6 is 0 Å². The topological polar surface area (TPSA) is 38.0 Å². The van der Waals surface area contributed by atoms with Crippen molar-refractivity contribution in [1.82, 2.24) is 5.32 Å². The van der Waals surface area contributed by atoms with Crippen LogP contribution in [-0.2, 0) is 0 Å². The molecule has 0 aliphatic heterocycles. The molecule has 0 amide bonds. The van der Waals surface area contributed by atoms with Crippen LogP contribution in [0.4, 0.5) is 0 Å². The van der Waals surface area contributed by atoms with Crippen molar-refractivity contribution < 1.29 is 0 Å². The fourth-order valence-corrected chi connectivity index (χ4v) is 3.00. The number of nitrogens with one attached hydrogen (secondary N) is 1. The van der Waals surface area contributed by atoms with Gasteiger partial charge in [-0.25, -0.2) is 0 Å². The van der Waals surface area contributed by atoms with Gasteiger partial charge in [-0.3, -0.25) is 0 Å². The molecule has 1 fully saturated rings. The Bertz CT molecular complexity index is 199. The third kappa shape index (κ3) is 4.84. The Kier molecular flexibility index (Phi) is 5.26. The summed E-state index contributed by atoms with van der Waals surface area (Å²) < 4.78 is 0. The van der Waals surface area contributed by atoms with E-state index in [0.29, 0.717) is 17.5 Å². The molecule has 0 radical (unpaired) electrons. The van der Waals surface area contributed by atoms with E-state index in [0.717, 1.165) is 12.5 Å². The second kappa shape index (κ2) is 6.02. The molecule has 1 rings (SSSR count). The monoisotopic (exact) mass is 226 g/mol. The van der Waals surface area contributed by atoms with Gasteiger partial charge in [-0.05, 0) is 30.6 Å². The summed E-state index contributed by atoms with van der Waals surface area (Å²) in [5.74, 6) is 0.775. The summed E-state index contributed by atoms with van der Waals surface area (Å²) in [6, 6.07) is 0.934. The normalized spacial score (nSPS) is 27.4. The van der Waals surface area contributed by atoms with Crippen molar-refractivity contribution >= 4 is 0 Å². The van der Waals surface area contributed by atoms with E-state index < -0.39 is 0 Å². The van der Waals surface area contributed by atoms with Crippen LogP contribution in [0, 0.1) is 11.3 Å². The van der Waals surface area contributed by atoms with Crippen molar-refractivity contribution in [1.29, 1.82) is 0 Å². The molecule has 2 unspecified atom stereocenters. The van der Waals surface area contributed by atoms with Gasteiger partial charge < -0.3 is 11.1 Å². The zero-order chi connectivity index (χ0) is 12.2. The quantitative estimate of drug-likeness (QED) is 0.756. The van der Waals surface area contributed by atoms with Crippen LogP contribution in [0.25, 0.3) is 0 Å². The summed E-state index contributed by atoms with van der Waals surface area (Å²) in [7, 11) is 0. The van der Waals surface area contributed by atoms with E-state index >= 15 is 0 Å². The second-order valence-corrected chi connectivity index (χ2v) is 6.70. The van der Waals surface area contributed by atoms with Crippen molar-refractivity contribution in [3.05, 3.63) is 0 Å². The highest BCUT2D eigenvalue weighted by atomic mass is 15.0. The minimum absolute atomic E-state index is 0.378. The van der Waals surface area contributed by atoms with Gasteiger partial charge in [0, 0.05) is 18.6 Å². The van der Waals surface area contributed by atoms with E-state index in [9.17, 15) is 0 Å². The molecule has 0 aromatic carbocycles. The molecule has 2 nitrogen and oxygen atoms in total. The van der Waals surface area contributed by atoms with Crippen LogP contribution in [0.3, 0.4) is 0 Å². The Balaban J connectivity index is 2.31. The summed E-state index contributed by atoms with van der Waals surface area (Å²) >= 11 is 0. The molecule has 1 saturated carbocycles. The Hall–Kier alpha value is -0.0800. The molecule has 1 aliphatic rings. The smallest absolute Gasteiger partial charge is 0.0219 e. The lowest BCUT2D eigenvalue weighted by molar-refractivity contribution is 0.236. The van der Waals surface area contributed by atoms with Gasteiger partial charge >= 0.3 is 0 Å². The minimum Gasteiger partial charge on any atom is -0.326 e. The van der Waals surface area contributed by atoms with E-state index in [2.05, 4.69) is 33.0 Å². The maximum Gasteiger partial charge on any atom is 0.0219 e. The first kappa shape index (κ1) is 14.0. The molecule has 16 heavy (non-hydrogen) atoms. The summed E-state index contributed by atoms with van der Waals surface area (Å²) in [5.41, 5.74) is 6.54. The third-order valence-electron chi connectivity index (χ3n) is 3.62. The van der Waals surface area contributed by atoms with Crippen molar-refractivity contribution in [2.45, 2.75) is 71.9 Å². The molecule has 0 aromatic heterocycles. The molecular formula is C14H30N2. The van der Waals surface area contributed by atoms with E-state index in [1.165, 1.54) is 32.1 Å². The molecule has 0 heterocycles. The SMILES string of the molecule is CC(C)CC(C)(C)CNC1CCCCC1N. The number of nitrogens with two attached hydrogens (primary N) is 1. The molecule has 1 aliphatic carbocycles. The van der Waals surface area contributed by atoms with Gasteiger partial charge in [-0.1, -0.05) is 40.5 Å². The maximum absolute atomic E-state index is 6.15. The van der Waals surface area contributed by atoms with Crippen molar-refractivity contribution in [2.75, 3.05) is 6.54 Å². The fourth-order valence-electron chi connectivity index (χ4n) is 3.00. The molecule has 3 N–H and O–H groups in total. The molecule has 0 spiro atoms. The summed E-state index contributed by atoms with van der Waals surface area (Å²) in [6.07, 6.45) is 6.40. The Morgan fingerprint density at radius 2 is 1.88 bits per heavy atom. The van der Waals surface area contributed by atoms with Gasteiger partial charge in [-0.2, -0.15) is 0 Å². The van der Waals surface area contributed by atoms with Crippen LogP contribution in [0.15, 0.2) is 0 Å². The zero-order valence-electron chi connectivity index (χ0n) is 11.6. The van der Waals surface area contributed by atoms with Gasteiger partial charge in [0.15, 0.2) is 0 Å². The molecule has 2 heteroatoms. The third-order valence-corrected chi connectivity index (χ3v) is 3.62. The molecule has 2 atom stereocenters. The summed E-state index contributed by atoms with van der Waals surface area (Å²) in [6.45, 7) is 10.4. The number of hydrogen-bond acceptors (Lipinski definition) is 2. The Labute approximate surface area is 101 Å². The average molecular weight is 226 g/mol. The number of hydrogen-bond donors (Lipinski definition) is 2. The largest absolute Gasteiger partial charge is 0.326 e. The summed E-state index contributed by atoms with van der Waals surface area (Å²) in [5, 5.41) is 3.69. The average Bonchev–Trinajstić information content (AvgIpc) is 2.14. The van der Waals surface area contributed by atoms with Gasteiger partial charge in [0.25, 0.3) is 0 Å². The lowest BCUT2D eigenvalue weighted by Crippen LogP contribution is -2.49. The lowest BCUT2D eigenvalue weighted by Gasteiger charge is -2.34. The zero-order valence-corrected chi connectivity index (χ0v) is 11.6. The van der Waals surface area contributed by atoms with Crippen molar-refractivity contribution in [3.8, 4) is 0 Å². The van der Waals surface area contributed by atoms with Gasteiger partial charge in [-0.15, -0.1) is 0 Å². The molecule has 0 aromatic rings. The summed E-state index contributed by atoms with van der Waals surface area (Å²) in [4.78, 5) is 0. The Morgan fingerprint density at radius 1 is 1.25 bits per heavy atom. The van der Waals surface area contributed by atoms with Gasteiger partial charge in [0.2, 0.25) is 0 Å². The molecule has 0 saturated heterocycles. The van der Waals surface area contributed by atoms with E-state index in [4.69, 9.17) is 5.73 Å². The van der Waals surface area contributed by atoms with Crippen LogP contribution in [0.2, 0.25) is 0 Å². The predicted molar refractivity (Wildman–Crippen MR) is 71.5 cm³/mol. The predicted octanol–water partition coefficient (Wildman–Crippen LogP) is 2.92. The highest BCUT2D eigenvalue weighted by Gasteiger charge is 2.25. The molecule has 96 valence electrons. The molecular weight excluding hydrogens is 196 g/mol. The van der Waals surface area contributed by atoms with Crippen molar-refractivity contribution in [3.63, 3.8) is 0 Å². The highest BCUT2D eigenvalue weighted by molar-refractivity contribution is 4.85. The second-order valence-electron chi connectivity index (χ2n) is 6.70. The first-order valence-corrected chi connectivity index (χ1v) is 6.90. The van der Waals surface area contributed by atoms with Gasteiger partial charge in [0.1, 0.15) is 0 Å². The maximum atomic E-state index is 6.15. The van der Waals surface area contributed by atoms with Crippen LogP contribution in [0.5, 0.6) is 0 Å². The first-order valence-electron chi connectivity index (χ1n) is 6.90. The molecule has 0 bridgehead atoms. The Morgan fingerprint density at radius 3 is 2.44 bits per heavy atom. The highest BCUT2D eigenvalue weighted by Crippen LogP contribution is 2.25. The van der Waals surface area contributed by atoms with Crippen molar-refractivity contribution in [2.24, 2.45) is 17.1 Å². The first-order chi connectivity index (χ1) is 7.41. The minimum atomic E-state index is 0.378. The lowest BCUT2D eigenvalue weighted by atomic mass is 9.83. The van der Waals surface area contributed by atoms with E-state index in [-0.39, 0.29) is 0 Å².